The lowest BCUT2D eigenvalue weighted by atomic mass is 10.1. The molecule has 0 unspecified atom stereocenters. The second-order valence-electron chi connectivity index (χ2n) is 6.10. The Bertz CT molecular complexity index is 845. The molecule has 0 radical (unpaired) electrons. The van der Waals surface area contributed by atoms with Crippen molar-refractivity contribution < 1.29 is 0 Å². The van der Waals surface area contributed by atoms with E-state index in [-0.39, 0.29) is 0 Å². The van der Waals surface area contributed by atoms with Crippen molar-refractivity contribution in [3.63, 3.8) is 0 Å². The van der Waals surface area contributed by atoms with Gasteiger partial charge in [0.1, 0.15) is 5.15 Å². The summed E-state index contributed by atoms with van der Waals surface area (Å²) >= 11 is 5.93. The topological polar surface area (TPSA) is 62.7 Å². The van der Waals surface area contributed by atoms with E-state index in [1.807, 2.05) is 19.2 Å². The number of nitrogens with one attached hydrogen (secondary N) is 2. The predicted molar refractivity (Wildman–Crippen MR) is 104 cm³/mol. The number of nitrogens with zero attached hydrogens (tertiary/aromatic N) is 3. The molecule has 6 heteroatoms. The fourth-order valence-corrected chi connectivity index (χ4v) is 2.93. The molecule has 0 saturated heterocycles. The largest absolute Gasteiger partial charge is 0.384 e. The van der Waals surface area contributed by atoms with Crippen LogP contribution in [0.5, 0.6) is 0 Å². The van der Waals surface area contributed by atoms with Crippen LogP contribution in [0, 0.1) is 13.8 Å². The van der Waals surface area contributed by atoms with Gasteiger partial charge in [-0.25, -0.2) is 9.97 Å². The Kier molecular flexibility index (Phi) is 5.66. The van der Waals surface area contributed by atoms with Crippen LogP contribution < -0.4 is 10.6 Å². The third kappa shape index (κ3) is 4.79. The Morgan fingerprint density at radius 2 is 1.76 bits per heavy atom. The zero-order chi connectivity index (χ0) is 17.6. The third-order valence-corrected chi connectivity index (χ3v) is 4.12. The van der Waals surface area contributed by atoms with Gasteiger partial charge in [-0.3, -0.25) is 4.98 Å². The lowest BCUT2D eigenvalue weighted by Crippen LogP contribution is -2.09. The van der Waals surface area contributed by atoms with E-state index in [4.69, 9.17) is 11.6 Å². The SMILES string of the molecule is Cc1ccc2c(NCCCCNc3nc(C)cc(Cl)n3)ccnc2c1. The molecule has 2 heterocycles. The van der Waals surface area contributed by atoms with Crippen LogP contribution in [0.25, 0.3) is 10.9 Å². The molecule has 0 spiro atoms. The first-order valence-corrected chi connectivity index (χ1v) is 8.84. The van der Waals surface area contributed by atoms with Crippen LogP contribution in [0.4, 0.5) is 11.6 Å². The van der Waals surface area contributed by atoms with Gasteiger partial charge in [-0.2, -0.15) is 0 Å². The van der Waals surface area contributed by atoms with Crippen molar-refractivity contribution in [1.82, 2.24) is 15.0 Å². The van der Waals surface area contributed by atoms with Gasteiger partial charge in [0.25, 0.3) is 0 Å². The minimum absolute atomic E-state index is 0.469. The first-order chi connectivity index (χ1) is 12.1. The summed E-state index contributed by atoms with van der Waals surface area (Å²) in [5, 5.41) is 8.35. The number of hydrogen-bond donors (Lipinski definition) is 2. The highest BCUT2D eigenvalue weighted by Gasteiger charge is 2.02. The summed E-state index contributed by atoms with van der Waals surface area (Å²) < 4.78 is 0. The minimum Gasteiger partial charge on any atom is -0.384 e. The number of aromatic nitrogens is 3. The number of rotatable bonds is 7. The average Bonchev–Trinajstić information content (AvgIpc) is 2.57. The summed E-state index contributed by atoms with van der Waals surface area (Å²) in [7, 11) is 0. The number of anilines is 2. The van der Waals surface area contributed by atoms with Crippen LogP contribution in [-0.4, -0.2) is 28.0 Å². The number of benzene rings is 1. The Hall–Kier alpha value is -2.40. The van der Waals surface area contributed by atoms with Crippen molar-refractivity contribution in [1.29, 1.82) is 0 Å². The van der Waals surface area contributed by atoms with E-state index in [0.717, 1.165) is 48.2 Å². The van der Waals surface area contributed by atoms with E-state index in [2.05, 4.69) is 50.7 Å². The average molecular weight is 356 g/mol. The van der Waals surface area contributed by atoms with E-state index in [1.165, 1.54) is 5.56 Å². The number of unbranched alkanes of at least 4 members (excludes halogenated alkanes) is 1. The first kappa shape index (κ1) is 17.4. The molecule has 25 heavy (non-hydrogen) atoms. The van der Waals surface area contributed by atoms with Crippen molar-refractivity contribution in [2.24, 2.45) is 0 Å². The molecule has 0 aliphatic heterocycles. The van der Waals surface area contributed by atoms with Gasteiger partial charge in [0.05, 0.1) is 5.52 Å². The first-order valence-electron chi connectivity index (χ1n) is 8.46. The molecule has 3 aromatic rings. The zero-order valence-corrected chi connectivity index (χ0v) is 15.3. The van der Waals surface area contributed by atoms with Gasteiger partial charge >= 0.3 is 0 Å². The van der Waals surface area contributed by atoms with E-state index >= 15 is 0 Å². The Labute approximate surface area is 152 Å². The molecule has 0 fully saturated rings. The molecule has 0 aliphatic rings. The minimum atomic E-state index is 0.469. The highest BCUT2D eigenvalue weighted by atomic mass is 35.5. The maximum absolute atomic E-state index is 5.93. The van der Waals surface area contributed by atoms with Gasteiger partial charge in [-0.1, -0.05) is 23.7 Å². The molecular formula is C19H22ClN5. The molecule has 0 bridgehead atoms. The number of halogens is 1. The summed E-state index contributed by atoms with van der Waals surface area (Å²) in [4.78, 5) is 12.9. The van der Waals surface area contributed by atoms with Crippen molar-refractivity contribution in [2.45, 2.75) is 26.7 Å². The highest BCUT2D eigenvalue weighted by molar-refractivity contribution is 6.29. The van der Waals surface area contributed by atoms with Gasteiger partial charge in [-0.05, 0) is 50.5 Å². The van der Waals surface area contributed by atoms with E-state index < -0.39 is 0 Å². The van der Waals surface area contributed by atoms with Gasteiger partial charge in [0, 0.05) is 36.1 Å². The van der Waals surface area contributed by atoms with Crippen molar-refractivity contribution >= 4 is 34.1 Å². The number of fused-ring (bicyclic) bond motifs is 1. The fraction of sp³-hybridized carbons (Fsp3) is 0.316. The molecule has 2 N–H and O–H groups in total. The summed E-state index contributed by atoms with van der Waals surface area (Å²) in [6, 6.07) is 10.1. The summed E-state index contributed by atoms with van der Waals surface area (Å²) in [5.41, 5.74) is 4.25. The van der Waals surface area contributed by atoms with Gasteiger partial charge < -0.3 is 10.6 Å². The fourth-order valence-electron chi connectivity index (χ4n) is 2.69. The molecule has 1 aromatic carbocycles. The standard InChI is InChI=1S/C19H22ClN5/c1-13-5-6-15-16(7-10-22-17(15)11-13)21-8-3-4-9-23-19-24-14(2)12-18(20)25-19/h5-7,10-12H,3-4,8-9H2,1-2H3,(H,21,22)(H,23,24,25). The molecule has 0 saturated carbocycles. The second kappa shape index (κ2) is 8.12. The normalized spacial score (nSPS) is 10.8. The Balaban J connectivity index is 1.46. The van der Waals surface area contributed by atoms with Crippen molar-refractivity contribution in [3.05, 3.63) is 52.9 Å². The molecule has 0 amide bonds. The van der Waals surface area contributed by atoms with Crippen molar-refractivity contribution in [2.75, 3.05) is 23.7 Å². The lowest BCUT2D eigenvalue weighted by Gasteiger charge is -2.10. The van der Waals surface area contributed by atoms with Gasteiger partial charge in [0.2, 0.25) is 5.95 Å². The van der Waals surface area contributed by atoms with Crippen LogP contribution in [0.3, 0.4) is 0 Å². The highest BCUT2D eigenvalue weighted by Crippen LogP contribution is 2.22. The van der Waals surface area contributed by atoms with Crippen LogP contribution >= 0.6 is 11.6 Å². The van der Waals surface area contributed by atoms with Crippen LogP contribution in [0.2, 0.25) is 5.15 Å². The quantitative estimate of drug-likeness (QED) is 0.479. The number of hydrogen-bond acceptors (Lipinski definition) is 5. The maximum atomic E-state index is 5.93. The molecule has 130 valence electrons. The lowest BCUT2D eigenvalue weighted by molar-refractivity contribution is 0.790. The van der Waals surface area contributed by atoms with Crippen molar-refractivity contribution in [3.8, 4) is 0 Å². The molecule has 5 nitrogen and oxygen atoms in total. The summed E-state index contributed by atoms with van der Waals surface area (Å²) in [6.45, 7) is 5.71. The summed E-state index contributed by atoms with van der Waals surface area (Å²) in [6.07, 6.45) is 3.91. The van der Waals surface area contributed by atoms with Gasteiger partial charge in [-0.15, -0.1) is 0 Å². The number of pyridine rings is 1. The van der Waals surface area contributed by atoms with E-state index in [9.17, 15) is 0 Å². The van der Waals surface area contributed by atoms with E-state index in [0.29, 0.717) is 11.1 Å². The van der Waals surface area contributed by atoms with Crippen LogP contribution in [0.1, 0.15) is 24.1 Å². The molecule has 0 atom stereocenters. The van der Waals surface area contributed by atoms with E-state index in [1.54, 1.807) is 6.07 Å². The third-order valence-electron chi connectivity index (χ3n) is 3.92. The molecule has 2 aromatic heterocycles. The summed E-state index contributed by atoms with van der Waals surface area (Å²) in [5.74, 6) is 0.591. The molecule has 3 rings (SSSR count). The van der Waals surface area contributed by atoms with Crippen LogP contribution in [0.15, 0.2) is 36.5 Å². The Morgan fingerprint density at radius 3 is 2.56 bits per heavy atom. The second-order valence-corrected chi connectivity index (χ2v) is 6.48. The molecular weight excluding hydrogens is 334 g/mol. The smallest absolute Gasteiger partial charge is 0.224 e. The Morgan fingerprint density at radius 1 is 0.960 bits per heavy atom. The predicted octanol–water partition coefficient (Wildman–Crippen LogP) is 4.60. The maximum Gasteiger partial charge on any atom is 0.224 e. The zero-order valence-electron chi connectivity index (χ0n) is 14.5. The van der Waals surface area contributed by atoms with Gasteiger partial charge in [0.15, 0.2) is 0 Å². The molecule has 0 aliphatic carbocycles. The van der Waals surface area contributed by atoms with Crippen LogP contribution in [-0.2, 0) is 0 Å². The number of aryl methyl sites for hydroxylation is 2. The monoisotopic (exact) mass is 355 g/mol.